The van der Waals surface area contributed by atoms with Gasteiger partial charge < -0.3 is 15.7 Å². The van der Waals surface area contributed by atoms with Crippen molar-refractivity contribution in [2.45, 2.75) is 26.7 Å². The van der Waals surface area contributed by atoms with Gasteiger partial charge in [-0.25, -0.2) is 4.79 Å². The van der Waals surface area contributed by atoms with Crippen molar-refractivity contribution in [3.63, 3.8) is 0 Å². The molecular weight excluding hydrogens is 306 g/mol. The lowest BCUT2D eigenvalue weighted by atomic mass is 9.97. The molecule has 3 N–H and O–H groups in total. The average Bonchev–Trinajstić information content (AvgIpc) is 2.54. The van der Waals surface area contributed by atoms with Crippen LogP contribution in [0.5, 0.6) is 5.75 Å². The van der Waals surface area contributed by atoms with Crippen LogP contribution in [0.4, 0.5) is 21.9 Å². The topological polar surface area (TPSA) is 110 Å². The van der Waals surface area contributed by atoms with E-state index in [0.717, 1.165) is 0 Å². The molecule has 0 aliphatic rings. The van der Waals surface area contributed by atoms with Crippen LogP contribution in [0, 0.1) is 6.92 Å². The highest BCUT2D eigenvalue weighted by Crippen LogP contribution is 2.41. The predicted molar refractivity (Wildman–Crippen MR) is 94.8 cm³/mol. The van der Waals surface area contributed by atoms with Crippen molar-refractivity contribution < 1.29 is 9.90 Å². The van der Waals surface area contributed by atoms with Gasteiger partial charge in [0.1, 0.15) is 5.75 Å². The van der Waals surface area contributed by atoms with Crippen LogP contribution < -0.4 is 10.6 Å². The van der Waals surface area contributed by atoms with Crippen molar-refractivity contribution in [3.05, 3.63) is 58.0 Å². The van der Waals surface area contributed by atoms with E-state index >= 15 is 0 Å². The molecule has 24 heavy (non-hydrogen) atoms. The summed E-state index contributed by atoms with van der Waals surface area (Å²) >= 11 is 0. The minimum atomic E-state index is -0.420. The van der Waals surface area contributed by atoms with Crippen molar-refractivity contribution in [1.82, 2.24) is 0 Å². The van der Waals surface area contributed by atoms with Crippen LogP contribution in [0.25, 0.3) is 10.4 Å². The van der Waals surface area contributed by atoms with Gasteiger partial charge >= 0.3 is 6.03 Å². The third-order valence-electron chi connectivity index (χ3n) is 3.60. The van der Waals surface area contributed by atoms with Crippen LogP contribution in [-0.4, -0.2) is 11.1 Å². The number of rotatable bonds is 4. The summed E-state index contributed by atoms with van der Waals surface area (Å²) in [5, 5.41) is 19.3. The maximum Gasteiger partial charge on any atom is 0.323 e. The third-order valence-corrected chi connectivity index (χ3v) is 3.60. The number of phenolic OH excluding ortho intramolecular Hbond substituents is 1. The van der Waals surface area contributed by atoms with E-state index in [1.54, 1.807) is 25.1 Å². The van der Waals surface area contributed by atoms with E-state index in [2.05, 4.69) is 20.7 Å². The summed E-state index contributed by atoms with van der Waals surface area (Å²) in [6.07, 6.45) is 0. The number of hydrogen-bond donors (Lipinski definition) is 3. The number of phenols is 1. The van der Waals surface area contributed by atoms with Gasteiger partial charge in [0.05, 0.1) is 5.69 Å². The number of nitrogens with one attached hydrogen (secondary N) is 2. The van der Waals surface area contributed by atoms with Gasteiger partial charge in [-0.2, -0.15) is 0 Å². The maximum atomic E-state index is 12.2. The lowest BCUT2D eigenvalue weighted by Gasteiger charge is -2.17. The molecule has 0 spiro atoms. The fourth-order valence-corrected chi connectivity index (χ4v) is 2.32. The first kappa shape index (κ1) is 17.2. The summed E-state index contributed by atoms with van der Waals surface area (Å²) in [7, 11) is 0. The van der Waals surface area contributed by atoms with Crippen LogP contribution in [0.1, 0.15) is 30.9 Å². The third kappa shape index (κ3) is 3.77. The molecule has 124 valence electrons. The van der Waals surface area contributed by atoms with E-state index in [4.69, 9.17) is 5.53 Å². The van der Waals surface area contributed by atoms with E-state index in [9.17, 15) is 9.90 Å². The number of hydrogen-bond acceptors (Lipinski definition) is 3. The molecule has 2 rings (SSSR count). The van der Waals surface area contributed by atoms with Gasteiger partial charge in [-0.1, -0.05) is 37.2 Å². The molecule has 0 aromatic heterocycles. The number of para-hydroxylation sites is 1. The van der Waals surface area contributed by atoms with E-state index in [1.165, 1.54) is 0 Å². The molecule has 0 bridgehead atoms. The largest absolute Gasteiger partial charge is 0.507 e. The summed E-state index contributed by atoms with van der Waals surface area (Å²) in [4.78, 5) is 14.9. The molecule has 7 nitrogen and oxygen atoms in total. The number of amides is 2. The zero-order valence-corrected chi connectivity index (χ0v) is 13.7. The van der Waals surface area contributed by atoms with Gasteiger partial charge in [-0.3, -0.25) is 0 Å². The summed E-state index contributed by atoms with van der Waals surface area (Å²) in [5.41, 5.74) is 11.1. The first-order chi connectivity index (χ1) is 11.4. The van der Waals surface area contributed by atoms with E-state index in [1.807, 2.05) is 32.0 Å². The molecule has 0 saturated heterocycles. The standard InChI is InChI=1S/C17H19N5O2/c1-10(2)13-9-14(11(3)15(16(13)23)21-22-18)20-17(24)19-12-7-5-4-6-8-12/h4-10,23H,1-3H3,(H2,19,20,24). The number of carbonyl (C=O) groups excluding carboxylic acids is 1. The molecule has 0 radical (unpaired) electrons. The molecular formula is C17H19N5O2. The molecule has 2 amide bonds. The molecule has 0 heterocycles. The van der Waals surface area contributed by atoms with Gasteiger partial charge in [0.2, 0.25) is 0 Å². The zero-order valence-electron chi connectivity index (χ0n) is 13.7. The molecule has 0 atom stereocenters. The van der Waals surface area contributed by atoms with Crippen LogP contribution in [-0.2, 0) is 0 Å². The highest BCUT2D eigenvalue weighted by atomic mass is 16.3. The monoisotopic (exact) mass is 325 g/mol. The van der Waals surface area contributed by atoms with Crippen molar-refractivity contribution in [3.8, 4) is 5.75 Å². The number of nitrogens with zero attached hydrogens (tertiary/aromatic N) is 3. The Morgan fingerprint density at radius 1 is 1.25 bits per heavy atom. The first-order valence-corrected chi connectivity index (χ1v) is 7.48. The Labute approximate surface area is 140 Å². The number of azide groups is 1. The maximum absolute atomic E-state index is 12.2. The van der Waals surface area contributed by atoms with Gasteiger partial charge in [0.25, 0.3) is 0 Å². The zero-order chi connectivity index (χ0) is 17.7. The Hall–Kier alpha value is -3.18. The van der Waals surface area contributed by atoms with Crippen molar-refractivity contribution in [2.24, 2.45) is 5.11 Å². The highest BCUT2D eigenvalue weighted by molar-refractivity contribution is 6.01. The average molecular weight is 325 g/mol. The number of benzene rings is 2. The normalized spacial score (nSPS) is 10.2. The Kier molecular flexibility index (Phi) is 5.29. The Morgan fingerprint density at radius 3 is 2.50 bits per heavy atom. The van der Waals surface area contributed by atoms with Crippen LogP contribution in [0.15, 0.2) is 41.5 Å². The molecule has 7 heteroatoms. The molecule has 0 aliphatic heterocycles. The van der Waals surface area contributed by atoms with Crippen molar-refractivity contribution in [1.29, 1.82) is 0 Å². The summed E-state index contributed by atoms with van der Waals surface area (Å²) in [6, 6.07) is 10.3. The second-order valence-electron chi connectivity index (χ2n) is 5.62. The Balaban J connectivity index is 2.35. The second-order valence-corrected chi connectivity index (χ2v) is 5.62. The highest BCUT2D eigenvalue weighted by Gasteiger charge is 2.17. The Morgan fingerprint density at radius 2 is 1.92 bits per heavy atom. The van der Waals surface area contributed by atoms with Gasteiger partial charge in [-0.05, 0) is 47.7 Å². The first-order valence-electron chi connectivity index (χ1n) is 7.48. The molecule has 0 aliphatic carbocycles. The molecule has 2 aromatic rings. The molecule has 0 saturated carbocycles. The lowest BCUT2D eigenvalue weighted by Crippen LogP contribution is -2.20. The van der Waals surface area contributed by atoms with E-state index in [0.29, 0.717) is 22.5 Å². The number of urea groups is 1. The number of anilines is 2. The number of carbonyl (C=O) groups is 1. The van der Waals surface area contributed by atoms with Gasteiger partial charge in [-0.15, -0.1) is 0 Å². The quantitative estimate of drug-likeness (QED) is 0.302. The fraction of sp³-hybridized carbons (Fsp3) is 0.235. The van der Waals surface area contributed by atoms with Crippen LogP contribution in [0.2, 0.25) is 0 Å². The molecule has 0 unspecified atom stereocenters. The smallest absolute Gasteiger partial charge is 0.323 e. The van der Waals surface area contributed by atoms with Crippen molar-refractivity contribution in [2.75, 3.05) is 10.6 Å². The summed E-state index contributed by atoms with van der Waals surface area (Å²) in [6.45, 7) is 5.47. The summed E-state index contributed by atoms with van der Waals surface area (Å²) < 4.78 is 0. The number of aromatic hydroxyl groups is 1. The lowest BCUT2D eigenvalue weighted by molar-refractivity contribution is 0.262. The minimum absolute atomic E-state index is 0.00372. The van der Waals surface area contributed by atoms with Crippen LogP contribution in [0.3, 0.4) is 0 Å². The predicted octanol–water partition coefficient (Wildman–Crippen LogP) is 5.41. The Bertz CT molecular complexity index is 796. The fourth-order valence-electron chi connectivity index (χ4n) is 2.32. The SMILES string of the molecule is Cc1c(NC(=O)Nc2ccccc2)cc(C(C)C)c(O)c1N=[N+]=[N-]. The minimum Gasteiger partial charge on any atom is -0.507 e. The van der Waals surface area contributed by atoms with Crippen molar-refractivity contribution >= 4 is 23.1 Å². The summed E-state index contributed by atoms with van der Waals surface area (Å²) in [5.74, 6) is -0.0645. The van der Waals surface area contributed by atoms with Crippen LogP contribution >= 0.6 is 0 Å². The van der Waals surface area contributed by atoms with E-state index < -0.39 is 6.03 Å². The van der Waals surface area contributed by atoms with Gasteiger partial charge in [0.15, 0.2) is 0 Å². The van der Waals surface area contributed by atoms with Gasteiger partial charge in [0, 0.05) is 16.3 Å². The van der Waals surface area contributed by atoms with E-state index in [-0.39, 0.29) is 17.4 Å². The molecule has 0 fully saturated rings. The molecule has 2 aromatic carbocycles. The second kappa shape index (κ2) is 7.39.